The highest BCUT2D eigenvalue weighted by atomic mass is 35.5. The first-order chi connectivity index (χ1) is 9.76. The number of imide groups is 1. The third-order valence-electron chi connectivity index (χ3n) is 2.39. The van der Waals surface area contributed by atoms with Crippen LogP contribution in [0.4, 0.5) is 10.5 Å². The van der Waals surface area contributed by atoms with Crippen LogP contribution in [-0.4, -0.2) is 31.1 Å². The molecule has 3 amide bonds. The number of benzene rings is 1. The highest BCUT2D eigenvalue weighted by molar-refractivity contribution is 6.44. The Morgan fingerprint density at radius 2 is 1.90 bits per heavy atom. The van der Waals surface area contributed by atoms with Gasteiger partial charge in [-0.25, -0.2) is 9.59 Å². The van der Waals surface area contributed by atoms with Crippen LogP contribution in [-0.2, 0) is 9.53 Å². The molecular weight excluding hydrogens is 321 g/mol. The van der Waals surface area contributed by atoms with E-state index in [-0.39, 0.29) is 21.3 Å². The molecule has 0 radical (unpaired) electrons. The number of nitrogen functional groups attached to an aromatic ring is 1. The van der Waals surface area contributed by atoms with E-state index in [4.69, 9.17) is 33.7 Å². The van der Waals surface area contributed by atoms with E-state index >= 15 is 0 Å². The average molecular weight is 334 g/mol. The zero-order valence-electron chi connectivity index (χ0n) is 11.2. The Kier molecular flexibility index (Phi) is 5.80. The molecule has 7 nitrogen and oxygen atoms in total. The fraction of sp³-hybridized carbons (Fsp3) is 0.250. The fourth-order valence-electron chi connectivity index (χ4n) is 1.31. The summed E-state index contributed by atoms with van der Waals surface area (Å²) in [6.45, 7) is 1.30. The Balaban J connectivity index is 2.82. The largest absolute Gasteiger partial charge is 0.449 e. The van der Waals surface area contributed by atoms with Crippen LogP contribution in [0.2, 0.25) is 10.0 Å². The van der Waals surface area contributed by atoms with E-state index in [9.17, 15) is 14.4 Å². The van der Waals surface area contributed by atoms with Crippen molar-refractivity contribution < 1.29 is 19.1 Å². The van der Waals surface area contributed by atoms with Crippen molar-refractivity contribution in [3.63, 3.8) is 0 Å². The number of hydrogen-bond acceptors (Lipinski definition) is 5. The maximum atomic E-state index is 11.9. The second-order valence-electron chi connectivity index (χ2n) is 3.98. The Morgan fingerprint density at radius 3 is 2.48 bits per heavy atom. The lowest BCUT2D eigenvalue weighted by atomic mass is 10.2. The monoisotopic (exact) mass is 333 g/mol. The van der Waals surface area contributed by atoms with Gasteiger partial charge in [-0.3, -0.25) is 10.1 Å². The van der Waals surface area contributed by atoms with E-state index in [1.807, 2.05) is 5.32 Å². The van der Waals surface area contributed by atoms with E-state index in [0.717, 1.165) is 0 Å². The van der Waals surface area contributed by atoms with Crippen molar-refractivity contribution in [2.45, 2.75) is 13.0 Å². The summed E-state index contributed by atoms with van der Waals surface area (Å²) in [5, 5.41) is 4.22. The van der Waals surface area contributed by atoms with Crippen molar-refractivity contribution >= 4 is 46.8 Å². The molecule has 0 saturated carbocycles. The highest BCUT2D eigenvalue weighted by Gasteiger charge is 2.23. The minimum absolute atomic E-state index is 0.0326. The molecule has 21 heavy (non-hydrogen) atoms. The summed E-state index contributed by atoms with van der Waals surface area (Å²) in [6, 6.07) is 1.94. The average Bonchev–Trinajstić information content (AvgIpc) is 2.42. The molecule has 0 bridgehead atoms. The maximum Gasteiger partial charge on any atom is 0.340 e. The van der Waals surface area contributed by atoms with Crippen molar-refractivity contribution in [2.24, 2.45) is 0 Å². The van der Waals surface area contributed by atoms with Crippen LogP contribution in [0.15, 0.2) is 12.1 Å². The second-order valence-corrected chi connectivity index (χ2v) is 4.77. The minimum atomic E-state index is -1.20. The van der Waals surface area contributed by atoms with Gasteiger partial charge < -0.3 is 15.8 Å². The van der Waals surface area contributed by atoms with Crippen LogP contribution >= 0.6 is 23.2 Å². The first-order valence-corrected chi connectivity index (χ1v) is 6.50. The van der Waals surface area contributed by atoms with E-state index in [0.29, 0.717) is 0 Å². The number of nitrogens with two attached hydrogens (primary N) is 1. The van der Waals surface area contributed by atoms with Crippen LogP contribution < -0.4 is 16.4 Å². The molecule has 0 saturated heterocycles. The predicted octanol–water partition coefficient (Wildman–Crippen LogP) is 1.58. The van der Waals surface area contributed by atoms with E-state index in [1.54, 1.807) is 0 Å². The zero-order valence-corrected chi connectivity index (χ0v) is 12.7. The number of amides is 3. The van der Waals surface area contributed by atoms with Gasteiger partial charge in [-0.2, -0.15) is 0 Å². The van der Waals surface area contributed by atoms with Gasteiger partial charge in [0.2, 0.25) is 0 Å². The van der Waals surface area contributed by atoms with E-state index in [1.165, 1.54) is 26.1 Å². The number of hydrogen-bond donors (Lipinski definition) is 3. The summed E-state index contributed by atoms with van der Waals surface area (Å²) in [5.41, 5.74) is 5.71. The number of ether oxygens (including phenoxy) is 1. The molecule has 0 heterocycles. The van der Waals surface area contributed by atoms with Crippen LogP contribution in [0.25, 0.3) is 0 Å². The lowest BCUT2D eigenvalue weighted by Gasteiger charge is -2.14. The zero-order chi connectivity index (χ0) is 16.2. The molecule has 0 aromatic heterocycles. The highest BCUT2D eigenvalue weighted by Crippen LogP contribution is 2.29. The van der Waals surface area contributed by atoms with Gasteiger partial charge in [0.1, 0.15) is 0 Å². The molecule has 0 aliphatic carbocycles. The van der Waals surface area contributed by atoms with Crippen molar-refractivity contribution in [3.05, 3.63) is 27.7 Å². The van der Waals surface area contributed by atoms with Crippen molar-refractivity contribution in [1.82, 2.24) is 10.6 Å². The summed E-state index contributed by atoms with van der Waals surface area (Å²) >= 11 is 11.7. The third kappa shape index (κ3) is 4.51. The number of esters is 1. The van der Waals surface area contributed by atoms with E-state index in [2.05, 4.69) is 5.32 Å². The molecule has 4 N–H and O–H groups in total. The summed E-state index contributed by atoms with van der Waals surface area (Å²) in [5.74, 6) is -1.66. The van der Waals surface area contributed by atoms with Crippen molar-refractivity contribution in [2.75, 3.05) is 12.8 Å². The maximum absolute atomic E-state index is 11.9. The van der Waals surface area contributed by atoms with Gasteiger partial charge in [0.15, 0.2) is 6.10 Å². The number of carbonyl (C=O) groups excluding carboxylic acids is 3. The molecular formula is C12H13Cl2N3O4. The first-order valence-electron chi connectivity index (χ1n) is 5.74. The molecule has 1 aromatic carbocycles. The molecule has 0 fully saturated rings. The van der Waals surface area contributed by atoms with Crippen LogP contribution in [0.3, 0.4) is 0 Å². The van der Waals surface area contributed by atoms with Gasteiger partial charge >= 0.3 is 12.0 Å². The van der Waals surface area contributed by atoms with Gasteiger partial charge in [0.05, 0.1) is 15.6 Å². The van der Waals surface area contributed by atoms with Gasteiger partial charge in [-0.15, -0.1) is 0 Å². The predicted molar refractivity (Wildman–Crippen MR) is 78.4 cm³/mol. The van der Waals surface area contributed by atoms with Gasteiger partial charge in [-0.05, 0) is 19.1 Å². The SMILES string of the molecule is CNC(=O)NC(=O)C(C)OC(=O)c1cc(N)cc(Cl)c1Cl. The molecule has 1 rings (SSSR count). The molecule has 0 spiro atoms. The van der Waals surface area contributed by atoms with Crippen LogP contribution in [0, 0.1) is 0 Å². The van der Waals surface area contributed by atoms with Gasteiger partial charge in [0, 0.05) is 12.7 Å². The lowest BCUT2D eigenvalue weighted by molar-refractivity contribution is -0.127. The molecule has 9 heteroatoms. The topological polar surface area (TPSA) is 111 Å². The summed E-state index contributed by atoms with van der Waals surface area (Å²) in [6.07, 6.45) is -1.20. The number of urea groups is 1. The number of carbonyl (C=O) groups is 3. The Hall–Kier alpha value is -1.99. The number of nitrogens with one attached hydrogen (secondary N) is 2. The molecule has 1 atom stereocenters. The number of anilines is 1. The molecule has 0 aliphatic rings. The Labute approximate surface area is 130 Å². The minimum Gasteiger partial charge on any atom is -0.449 e. The normalized spacial score (nSPS) is 11.4. The summed E-state index contributed by atoms with van der Waals surface area (Å²) < 4.78 is 4.90. The van der Waals surface area contributed by atoms with Crippen molar-refractivity contribution in [3.8, 4) is 0 Å². The molecule has 1 aromatic rings. The van der Waals surface area contributed by atoms with E-state index < -0.39 is 24.0 Å². The quantitative estimate of drug-likeness (QED) is 0.574. The summed E-state index contributed by atoms with van der Waals surface area (Å²) in [7, 11) is 1.34. The van der Waals surface area contributed by atoms with Gasteiger partial charge in [0.25, 0.3) is 5.91 Å². The van der Waals surface area contributed by atoms with Crippen molar-refractivity contribution in [1.29, 1.82) is 0 Å². The number of halogens is 2. The van der Waals surface area contributed by atoms with Crippen LogP contribution in [0.5, 0.6) is 0 Å². The number of rotatable bonds is 3. The first kappa shape index (κ1) is 17.1. The smallest absolute Gasteiger partial charge is 0.340 e. The van der Waals surface area contributed by atoms with Crippen LogP contribution in [0.1, 0.15) is 17.3 Å². The Morgan fingerprint density at radius 1 is 1.29 bits per heavy atom. The molecule has 114 valence electrons. The molecule has 0 aliphatic heterocycles. The summed E-state index contributed by atoms with van der Waals surface area (Å²) in [4.78, 5) is 34.5. The fourth-order valence-corrected chi connectivity index (χ4v) is 1.73. The Bertz CT molecular complexity index is 592. The lowest BCUT2D eigenvalue weighted by Crippen LogP contribution is -2.43. The van der Waals surface area contributed by atoms with Gasteiger partial charge in [-0.1, -0.05) is 23.2 Å². The third-order valence-corrected chi connectivity index (χ3v) is 3.19. The standard InChI is InChI=1S/C12H13Cl2N3O4/c1-5(10(18)17-12(20)16-2)21-11(19)7-3-6(15)4-8(13)9(7)14/h3-5H,15H2,1-2H3,(H2,16,17,18,20). The second kappa shape index (κ2) is 7.14. The molecule has 1 unspecified atom stereocenters.